The Labute approximate surface area is 192 Å². The third-order valence-electron chi connectivity index (χ3n) is 3.91. The highest BCUT2D eigenvalue weighted by Gasteiger charge is 2.22. The van der Waals surface area contributed by atoms with E-state index in [4.69, 9.17) is 34.8 Å². The third kappa shape index (κ3) is 5.86. The van der Waals surface area contributed by atoms with E-state index in [1.54, 1.807) is 12.1 Å². The van der Waals surface area contributed by atoms with Crippen molar-refractivity contribution in [1.29, 1.82) is 0 Å². The van der Waals surface area contributed by atoms with Crippen molar-refractivity contribution in [2.75, 3.05) is 10.1 Å². The number of sulfonamides is 1. The number of non-ortho nitro benzene ring substituents is 1. The van der Waals surface area contributed by atoms with Crippen molar-refractivity contribution in [1.82, 2.24) is 0 Å². The zero-order valence-electron chi connectivity index (χ0n) is 15.4. The Morgan fingerprint density at radius 1 is 0.935 bits per heavy atom. The SMILES string of the molecule is O=[N+]([O-])c1ccc(NN=Cc2ccc(Cl)cc2Cl)c(S(=O)(=O)Nc2ccc(Cl)cc2)c1. The van der Waals surface area contributed by atoms with E-state index in [2.05, 4.69) is 15.2 Å². The fourth-order valence-electron chi connectivity index (χ4n) is 2.44. The van der Waals surface area contributed by atoms with Crippen LogP contribution in [0.1, 0.15) is 5.56 Å². The van der Waals surface area contributed by atoms with Gasteiger partial charge in [0.15, 0.2) is 0 Å². The summed E-state index contributed by atoms with van der Waals surface area (Å²) in [7, 11) is -4.20. The molecule has 8 nitrogen and oxygen atoms in total. The van der Waals surface area contributed by atoms with E-state index in [-0.39, 0.29) is 16.3 Å². The molecule has 0 bridgehead atoms. The van der Waals surface area contributed by atoms with Crippen molar-refractivity contribution in [2.45, 2.75) is 4.90 Å². The maximum atomic E-state index is 12.9. The predicted octanol–water partition coefficient (Wildman–Crippen LogP) is 5.80. The summed E-state index contributed by atoms with van der Waals surface area (Å²) in [5.41, 5.74) is 2.98. The van der Waals surface area contributed by atoms with Crippen molar-refractivity contribution in [3.05, 3.63) is 91.4 Å². The van der Waals surface area contributed by atoms with E-state index in [1.807, 2.05) is 0 Å². The number of hydrogen-bond donors (Lipinski definition) is 2. The van der Waals surface area contributed by atoms with Gasteiger partial charge in [-0.25, -0.2) is 8.42 Å². The highest BCUT2D eigenvalue weighted by atomic mass is 35.5. The lowest BCUT2D eigenvalue weighted by molar-refractivity contribution is -0.385. The highest BCUT2D eigenvalue weighted by Crippen LogP contribution is 2.29. The summed E-state index contributed by atoms with van der Waals surface area (Å²) in [6, 6.07) is 14.1. The first-order valence-electron chi connectivity index (χ1n) is 8.47. The van der Waals surface area contributed by atoms with Crippen LogP contribution in [0.5, 0.6) is 0 Å². The number of halogens is 3. The van der Waals surface area contributed by atoms with Gasteiger partial charge in [-0.1, -0.05) is 40.9 Å². The molecule has 0 radical (unpaired) electrons. The minimum absolute atomic E-state index is 0.0217. The molecule has 0 saturated carbocycles. The van der Waals surface area contributed by atoms with Crippen molar-refractivity contribution < 1.29 is 13.3 Å². The van der Waals surface area contributed by atoms with E-state index in [0.717, 1.165) is 12.1 Å². The number of nitrogens with zero attached hydrogens (tertiary/aromatic N) is 2. The van der Waals surface area contributed by atoms with Gasteiger partial charge in [-0.3, -0.25) is 20.3 Å². The zero-order valence-corrected chi connectivity index (χ0v) is 18.5. The Morgan fingerprint density at radius 3 is 2.26 bits per heavy atom. The number of nitro groups is 1. The monoisotopic (exact) mass is 498 g/mol. The van der Waals surface area contributed by atoms with Crippen LogP contribution in [0.25, 0.3) is 0 Å². The van der Waals surface area contributed by atoms with Crippen LogP contribution in [-0.4, -0.2) is 19.6 Å². The normalized spacial score (nSPS) is 11.5. The first-order valence-corrected chi connectivity index (χ1v) is 11.1. The molecule has 0 atom stereocenters. The molecular formula is C19H13Cl3N4O4S. The molecule has 0 aromatic heterocycles. The molecule has 0 fully saturated rings. The number of benzene rings is 3. The average molecular weight is 500 g/mol. The van der Waals surface area contributed by atoms with Gasteiger partial charge < -0.3 is 0 Å². The van der Waals surface area contributed by atoms with Crippen LogP contribution in [0.4, 0.5) is 17.1 Å². The van der Waals surface area contributed by atoms with Gasteiger partial charge in [0.05, 0.1) is 21.8 Å². The number of rotatable bonds is 7. The summed E-state index contributed by atoms with van der Waals surface area (Å²) in [5.74, 6) is 0. The van der Waals surface area contributed by atoms with E-state index < -0.39 is 20.6 Å². The van der Waals surface area contributed by atoms with Crippen molar-refractivity contribution in [3.63, 3.8) is 0 Å². The van der Waals surface area contributed by atoms with Crippen molar-refractivity contribution in [2.24, 2.45) is 5.10 Å². The second-order valence-corrected chi connectivity index (χ2v) is 9.02. The third-order valence-corrected chi connectivity index (χ3v) is 6.15. The molecule has 160 valence electrons. The van der Waals surface area contributed by atoms with Crippen LogP contribution >= 0.6 is 34.8 Å². The summed E-state index contributed by atoms with van der Waals surface area (Å²) in [5, 5.41) is 16.4. The molecule has 0 heterocycles. The average Bonchev–Trinajstić information content (AvgIpc) is 2.71. The molecule has 0 aliphatic heterocycles. The molecule has 3 aromatic carbocycles. The van der Waals surface area contributed by atoms with Gasteiger partial charge in [0, 0.05) is 33.4 Å². The Balaban J connectivity index is 1.94. The van der Waals surface area contributed by atoms with Crippen molar-refractivity contribution >= 4 is 68.1 Å². The molecule has 0 amide bonds. The summed E-state index contributed by atoms with van der Waals surface area (Å²) >= 11 is 17.7. The molecule has 12 heteroatoms. The highest BCUT2D eigenvalue weighted by molar-refractivity contribution is 7.92. The molecule has 3 aromatic rings. The fourth-order valence-corrected chi connectivity index (χ4v) is 4.26. The van der Waals surface area contributed by atoms with Crippen LogP contribution in [0.15, 0.2) is 70.7 Å². The lowest BCUT2D eigenvalue weighted by atomic mass is 10.2. The minimum atomic E-state index is -4.20. The van der Waals surface area contributed by atoms with Gasteiger partial charge >= 0.3 is 0 Å². The zero-order chi connectivity index (χ0) is 22.6. The van der Waals surface area contributed by atoms with Gasteiger partial charge in [-0.2, -0.15) is 5.10 Å². The lowest BCUT2D eigenvalue weighted by Crippen LogP contribution is -2.15. The quantitative estimate of drug-likeness (QED) is 0.242. The maximum Gasteiger partial charge on any atom is 0.270 e. The number of hydrazone groups is 1. The van der Waals surface area contributed by atoms with Crippen LogP contribution in [-0.2, 0) is 10.0 Å². The van der Waals surface area contributed by atoms with Crippen LogP contribution in [0.3, 0.4) is 0 Å². The van der Waals surface area contributed by atoms with Crippen LogP contribution < -0.4 is 10.1 Å². The number of nitro benzene ring substituents is 1. The standard InChI is InChI=1S/C19H13Cl3N4O4S/c20-13-3-5-15(6-4-13)25-31(29,30)19-10-16(26(27)28)7-8-18(19)24-23-11-12-1-2-14(21)9-17(12)22/h1-11,24-25H. The first-order chi connectivity index (χ1) is 14.7. The number of nitrogens with one attached hydrogen (secondary N) is 2. The molecule has 0 aliphatic carbocycles. The molecule has 0 spiro atoms. The Kier molecular flexibility index (Phi) is 7.01. The Hall–Kier alpha value is -2.85. The largest absolute Gasteiger partial charge is 0.280 e. The smallest absolute Gasteiger partial charge is 0.270 e. The fraction of sp³-hybridized carbons (Fsp3) is 0. The topological polar surface area (TPSA) is 114 Å². The van der Waals surface area contributed by atoms with Gasteiger partial charge in [0.25, 0.3) is 15.7 Å². The summed E-state index contributed by atoms with van der Waals surface area (Å²) in [6.07, 6.45) is 1.36. The van der Waals surface area contributed by atoms with E-state index in [0.29, 0.717) is 20.6 Å². The maximum absolute atomic E-state index is 12.9. The lowest BCUT2D eigenvalue weighted by Gasteiger charge is -2.12. The second-order valence-electron chi connectivity index (χ2n) is 6.09. The van der Waals surface area contributed by atoms with Gasteiger partial charge in [0.1, 0.15) is 4.90 Å². The van der Waals surface area contributed by atoms with Gasteiger partial charge in [-0.15, -0.1) is 0 Å². The second kappa shape index (κ2) is 9.52. The van der Waals surface area contributed by atoms with E-state index >= 15 is 0 Å². The summed E-state index contributed by atoms with van der Waals surface area (Å²) in [6.45, 7) is 0. The minimum Gasteiger partial charge on any atom is -0.280 e. The van der Waals surface area contributed by atoms with Crippen molar-refractivity contribution in [3.8, 4) is 0 Å². The van der Waals surface area contributed by atoms with E-state index in [1.165, 1.54) is 42.6 Å². The van der Waals surface area contributed by atoms with Gasteiger partial charge in [-0.05, 0) is 42.5 Å². The van der Waals surface area contributed by atoms with Crippen LogP contribution in [0.2, 0.25) is 15.1 Å². The summed E-state index contributed by atoms with van der Waals surface area (Å²) in [4.78, 5) is 10.1. The first kappa shape index (κ1) is 22.8. The molecular weight excluding hydrogens is 487 g/mol. The predicted molar refractivity (Wildman–Crippen MR) is 123 cm³/mol. The molecule has 31 heavy (non-hydrogen) atoms. The van der Waals surface area contributed by atoms with Gasteiger partial charge in [0.2, 0.25) is 0 Å². The molecule has 3 rings (SSSR count). The Bertz CT molecular complexity index is 1270. The molecule has 0 aliphatic rings. The molecule has 2 N–H and O–H groups in total. The molecule has 0 saturated heterocycles. The Morgan fingerprint density at radius 2 is 1.61 bits per heavy atom. The van der Waals surface area contributed by atoms with E-state index in [9.17, 15) is 18.5 Å². The number of hydrogen-bond acceptors (Lipinski definition) is 6. The number of anilines is 2. The summed E-state index contributed by atoms with van der Waals surface area (Å²) < 4.78 is 28.2. The molecule has 0 unspecified atom stereocenters. The van der Waals surface area contributed by atoms with Crippen LogP contribution in [0, 0.1) is 10.1 Å².